The smallest absolute Gasteiger partial charge is 0.255 e. The Labute approximate surface area is 166 Å². The first-order valence-corrected chi connectivity index (χ1v) is 9.18. The van der Waals surface area contributed by atoms with Crippen LogP contribution in [0.2, 0.25) is 0 Å². The van der Waals surface area contributed by atoms with Crippen LogP contribution in [0.1, 0.15) is 36.0 Å². The third-order valence-corrected chi connectivity index (χ3v) is 4.72. The van der Waals surface area contributed by atoms with Crippen molar-refractivity contribution in [2.75, 3.05) is 23.7 Å². The Morgan fingerprint density at radius 2 is 1.48 bits per heavy atom. The van der Waals surface area contributed by atoms with Crippen molar-refractivity contribution in [1.29, 1.82) is 0 Å². The molecule has 0 aromatic heterocycles. The van der Waals surface area contributed by atoms with E-state index in [1.807, 2.05) is 36.4 Å². The molecule has 0 radical (unpaired) electrons. The Kier molecular flexibility index (Phi) is 8.30. The molecule has 3 N–H and O–H groups in total. The topological polar surface area (TPSA) is 70.2 Å². The molecule has 2 amide bonds. The summed E-state index contributed by atoms with van der Waals surface area (Å²) >= 11 is 0. The summed E-state index contributed by atoms with van der Waals surface area (Å²) < 4.78 is 0. The molecule has 1 aliphatic heterocycles. The summed E-state index contributed by atoms with van der Waals surface area (Å²) in [5.74, 6) is 0.418. The predicted octanol–water partition coefficient (Wildman–Crippen LogP) is 4.08. The van der Waals surface area contributed by atoms with E-state index in [1.165, 1.54) is 0 Å². The van der Waals surface area contributed by atoms with E-state index in [4.69, 9.17) is 0 Å². The van der Waals surface area contributed by atoms with Crippen molar-refractivity contribution in [3.63, 3.8) is 0 Å². The second kappa shape index (κ2) is 10.7. The van der Waals surface area contributed by atoms with Crippen LogP contribution < -0.4 is 16.0 Å². The molecule has 0 bridgehead atoms. The van der Waals surface area contributed by atoms with Crippen molar-refractivity contribution in [2.45, 2.75) is 25.7 Å². The normalized spacial score (nSPS) is 14.1. The minimum Gasteiger partial charge on any atom is -0.324 e. The third-order valence-electron chi connectivity index (χ3n) is 4.72. The van der Waals surface area contributed by atoms with Crippen molar-refractivity contribution in [1.82, 2.24) is 5.32 Å². The number of nitrogens with one attached hydrogen (secondary N) is 3. The fourth-order valence-electron chi connectivity index (χ4n) is 3.20. The highest BCUT2D eigenvalue weighted by Gasteiger charge is 2.15. The maximum absolute atomic E-state index is 12.4. The number of benzene rings is 2. The van der Waals surface area contributed by atoms with Crippen LogP contribution in [0, 0.1) is 5.92 Å². The largest absolute Gasteiger partial charge is 0.324 e. The van der Waals surface area contributed by atoms with Gasteiger partial charge in [-0.3, -0.25) is 9.59 Å². The van der Waals surface area contributed by atoms with Crippen LogP contribution in [-0.4, -0.2) is 24.9 Å². The number of para-hydroxylation sites is 2. The second-order valence-corrected chi connectivity index (χ2v) is 6.65. The van der Waals surface area contributed by atoms with E-state index in [-0.39, 0.29) is 24.2 Å². The van der Waals surface area contributed by atoms with Crippen LogP contribution in [-0.2, 0) is 4.79 Å². The first-order chi connectivity index (χ1) is 12.7. The zero-order chi connectivity index (χ0) is 18.2. The minimum atomic E-state index is -0.193. The van der Waals surface area contributed by atoms with E-state index >= 15 is 0 Å². The number of anilines is 2. The molecule has 27 heavy (non-hydrogen) atoms. The van der Waals surface area contributed by atoms with Crippen molar-refractivity contribution < 1.29 is 9.59 Å². The van der Waals surface area contributed by atoms with Crippen LogP contribution in [0.15, 0.2) is 54.6 Å². The molecule has 6 heteroatoms. The summed E-state index contributed by atoms with van der Waals surface area (Å²) in [4.78, 5) is 24.7. The molecule has 1 fully saturated rings. The van der Waals surface area contributed by atoms with Gasteiger partial charge in [-0.05, 0) is 62.5 Å². The van der Waals surface area contributed by atoms with Gasteiger partial charge in [-0.25, -0.2) is 0 Å². The molecule has 2 aromatic rings. The first-order valence-electron chi connectivity index (χ1n) is 9.18. The standard InChI is InChI=1S/C21H25N3O2.ClH/c25-20(11-10-16-12-14-22-15-13-16)23-18-8-4-5-9-19(18)24-21(26)17-6-2-1-3-7-17;/h1-9,16,22H,10-15H2,(H,23,25)(H,24,26);1H. The fraction of sp³-hybridized carbons (Fsp3) is 0.333. The molecular weight excluding hydrogens is 362 g/mol. The lowest BCUT2D eigenvalue weighted by molar-refractivity contribution is -0.116. The average molecular weight is 388 g/mol. The molecule has 1 heterocycles. The Morgan fingerprint density at radius 1 is 0.889 bits per heavy atom. The molecule has 1 saturated heterocycles. The highest BCUT2D eigenvalue weighted by atomic mass is 35.5. The molecule has 0 saturated carbocycles. The van der Waals surface area contributed by atoms with Gasteiger partial charge in [0.25, 0.3) is 5.91 Å². The molecule has 144 valence electrons. The van der Waals surface area contributed by atoms with Gasteiger partial charge >= 0.3 is 0 Å². The van der Waals surface area contributed by atoms with Gasteiger partial charge in [-0.1, -0.05) is 30.3 Å². The van der Waals surface area contributed by atoms with Gasteiger partial charge in [-0.2, -0.15) is 0 Å². The number of amides is 2. The molecule has 3 rings (SSSR count). The molecular formula is C21H26ClN3O2. The van der Waals surface area contributed by atoms with Gasteiger partial charge in [0.1, 0.15) is 0 Å². The number of halogens is 1. The summed E-state index contributed by atoms with van der Waals surface area (Å²) in [6.07, 6.45) is 3.69. The summed E-state index contributed by atoms with van der Waals surface area (Å²) in [7, 11) is 0. The lowest BCUT2D eigenvalue weighted by Gasteiger charge is -2.22. The Balaban J connectivity index is 0.00000261. The summed E-state index contributed by atoms with van der Waals surface area (Å²) in [5, 5.41) is 9.15. The molecule has 2 aromatic carbocycles. The summed E-state index contributed by atoms with van der Waals surface area (Å²) in [6.45, 7) is 2.08. The Morgan fingerprint density at radius 3 is 2.15 bits per heavy atom. The highest BCUT2D eigenvalue weighted by Crippen LogP contribution is 2.23. The maximum atomic E-state index is 12.4. The van der Waals surface area contributed by atoms with E-state index < -0.39 is 0 Å². The lowest BCUT2D eigenvalue weighted by Crippen LogP contribution is -2.28. The van der Waals surface area contributed by atoms with Gasteiger partial charge < -0.3 is 16.0 Å². The lowest BCUT2D eigenvalue weighted by atomic mass is 9.93. The van der Waals surface area contributed by atoms with Crippen molar-refractivity contribution in [3.8, 4) is 0 Å². The monoisotopic (exact) mass is 387 g/mol. The minimum absolute atomic E-state index is 0. The number of hydrogen-bond acceptors (Lipinski definition) is 3. The molecule has 0 atom stereocenters. The predicted molar refractivity (Wildman–Crippen MR) is 112 cm³/mol. The number of carbonyl (C=O) groups is 2. The molecule has 5 nitrogen and oxygen atoms in total. The fourth-order valence-corrected chi connectivity index (χ4v) is 3.20. The second-order valence-electron chi connectivity index (χ2n) is 6.65. The third kappa shape index (κ3) is 6.38. The van der Waals surface area contributed by atoms with Crippen LogP contribution >= 0.6 is 12.4 Å². The van der Waals surface area contributed by atoms with E-state index in [0.29, 0.717) is 29.3 Å². The molecule has 0 unspecified atom stereocenters. The summed E-state index contributed by atoms with van der Waals surface area (Å²) in [5.41, 5.74) is 1.82. The van der Waals surface area contributed by atoms with Gasteiger partial charge in [-0.15, -0.1) is 12.4 Å². The molecule has 0 spiro atoms. The quantitative estimate of drug-likeness (QED) is 0.699. The summed E-state index contributed by atoms with van der Waals surface area (Å²) in [6, 6.07) is 16.3. The SMILES string of the molecule is Cl.O=C(CCC1CCNCC1)Nc1ccccc1NC(=O)c1ccccc1. The number of carbonyl (C=O) groups excluding carboxylic acids is 2. The Hall–Kier alpha value is -2.37. The first kappa shape index (κ1) is 20.9. The molecule has 0 aliphatic carbocycles. The van der Waals surface area contributed by atoms with Crippen molar-refractivity contribution in [3.05, 3.63) is 60.2 Å². The average Bonchev–Trinajstić information content (AvgIpc) is 2.69. The van der Waals surface area contributed by atoms with Crippen molar-refractivity contribution in [2.24, 2.45) is 5.92 Å². The van der Waals surface area contributed by atoms with Crippen LogP contribution in [0.25, 0.3) is 0 Å². The number of hydrogen-bond donors (Lipinski definition) is 3. The van der Waals surface area contributed by atoms with Gasteiger partial charge in [0.2, 0.25) is 5.91 Å². The highest BCUT2D eigenvalue weighted by molar-refractivity contribution is 6.07. The number of piperidine rings is 1. The van der Waals surface area contributed by atoms with Crippen LogP contribution in [0.5, 0.6) is 0 Å². The zero-order valence-electron chi connectivity index (χ0n) is 15.2. The van der Waals surface area contributed by atoms with Crippen molar-refractivity contribution >= 4 is 35.6 Å². The Bertz CT molecular complexity index is 746. The van der Waals surface area contributed by atoms with E-state index in [9.17, 15) is 9.59 Å². The van der Waals surface area contributed by atoms with Gasteiger partial charge in [0.15, 0.2) is 0 Å². The van der Waals surface area contributed by atoms with Gasteiger partial charge in [0, 0.05) is 12.0 Å². The zero-order valence-corrected chi connectivity index (χ0v) is 16.1. The van der Waals surface area contributed by atoms with E-state index in [1.54, 1.807) is 18.2 Å². The molecule has 1 aliphatic rings. The van der Waals surface area contributed by atoms with Gasteiger partial charge in [0.05, 0.1) is 11.4 Å². The van der Waals surface area contributed by atoms with Crippen LogP contribution in [0.4, 0.5) is 11.4 Å². The van der Waals surface area contributed by atoms with Crippen LogP contribution in [0.3, 0.4) is 0 Å². The van der Waals surface area contributed by atoms with E-state index in [0.717, 1.165) is 32.4 Å². The van der Waals surface area contributed by atoms with E-state index in [2.05, 4.69) is 16.0 Å². The maximum Gasteiger partial charge on any atom is 0.255 e. The number of rotatable bonds is 6.